The summed E-state index contributed by atoms with van der Waals surface area (Å²) in [6.45, 7) is 8.90. The summed E-state index contributed by atoms with van der Waals surface area (Å²) < 4.78 is 5.18. The smallest absolute Gasteiger partial charge is 0.242 e. The molecule has 0 aliphatic carbocycles. The van der Waals surface area contributed by atoms with Crippen molar-refractivity contribution in [1.29, 1.82) is 0 Å². The summed E-state index contributed by atoms with van der Waals surface area (Å²) in [5.74, 6) is 0.895. The van der Waals surface area contributed by atoms with E-state index in [0.717, 1.165) is 22.4 Å². The highest BCUT2D eigenvalue weighted by Gasteiger charge is 2.26. The van der Waals surface area contributed by atoms with E-state index in [1.54, 1.807) is 18.9 Å². The van der Waals surface area contributed by atoms with Crippen LogP contribution in [0, 0.1) is 12.8 Å². The van der Waals surface area contributed by atoms with Crippen LogP contribution in [-0.2, 0) is 22.6 Å². The molecule has 0 aliphatic rings. The molecule has 0 aliphatic heterocycles. The van der Waals surface area contributed by atoms with Crippen LogP contribution in [0.4, 0.5) is 0 Å². The molecule has 2 rings (SSSR count). The maximum atomic E-state index is 13.2. The summed E-state index contributed by atoms with van der Waals surface area (Å²) in [6, 6.07) is 14.8. The number of methoxy groups -OCH3 is 1. The van der Waals surface area contributed by atoms with Crippen LogP contribution in [0.25, 0.3) is 0 Å². The first-order valence-corrected chi connectivity index (χ1v) is 10.1. The van der Waals surface area contributed by atoms with Crippen LogP contribution in [0.5, 0.6) is 5.75 Å². The number of carbonyl (C=O) groups excluding carboxylic acids is 2. The number of rotatable bonds is 9. The highest BCUT2D eigenvalue weighted by molar-refractivity contribution is 5.88. The molecule has 2 aromatic rings. The van der Waals surface area contributed by atoms with Crippen LogP contribution in [0.2, 0.25) is 0 Å². The van der Waals surface area contributed by atoms with Crippen LogP contribution < -0.4 is 10.1 Å². The number of aryl methyl sites for hydroxylation is 1. The van der Waals surface area contributed by atoms with Crippen molar-refractivity contribution in [3.63, 3.8) is 0 Å². The summed E-state index contributed by atoms with van der Waals surface area (Å²) >= 11 is 0. The third-order valence-electron chi connectivity index (χ3n) is 4.97. The fraction of sp³-hybridized carbons (Fsp3) is 0.417. The quantitative estimate of drug-likeness (QED) is 0.703. The molecule has 0 saturated heterocycles. The molecule has 156 valence electrons. The summed E-state index contributed by atoms with van der Waals surface area (Å²) in [4.78, 5) is 27.5. The largest absolute Gasteiger partial charge is 0.497 e. The second-order valence-electron chi connectivity index (χ2n) is 7.79. The zero-order valence-corrected chi connectivity index (χ0v) is 18.1. The van der Waals surface area contributed by atoms with Gasteiger partial charge in [0.25, 0.3) is 0 Å². The maximum Gasteiger partial charge on any atom is 0.242 e. The Morgan fingerprint density at radius 2 is 1.69 bits per heavy atom. The highest BCUT2D eigenvalue weighted by Crippen LogP contribution is 2.17. The second-order valence-corrected chi connectivity index (χ2v) is 7.79. The Hall–Kier alpha value is -2.82. The molecule has 5 nitrogen and oxygen atoms in total. The van der Waals surface area contributed by atoms with Gasteiger partial charge in [0.2, 0.25) is 11.8 Å². The van der Waals surface area contributed by atoms with Crippen LogP contribution in [0.3, 0.4) is 0 Å². The minimum absolute atomic E-state index is 0.0781. The minimum atomic E-state index is -0.556. The standard InChI is InChI=1S/C24H32N2O3/c1-17(2)15-25-24(28)19(4)26(16-21-9-7-6-8-18(21)3)23(27)14-20-10-12-22(29-5)13-11-20/h6-13,17,19H,14-16H2,1-5H3,(H,25,28)/t19-/m0/s1. The zero-order valence-electron chi connectivity index (χ0n) is 18.1. The van der Waals surface area contributed by atoms with E-state index in [1.165, 1.54) is 0 Å². The van der Waals surface area contributed by atoms with Crippen molar-refractivity contribution in [3.05, 3.63) is 65.2 Å². The maximum absolute atomic E-state index is 13.2. The molecule has 29 heavy (non-hydrogen) atoms. The van der Waals surface area contributed by atoms with E-state index in [1.807, 2.05) is 69.3 Å². The van der Waals surface area contributed by atoms with Gasteiger partial charge < -0.3 is 15.0 Å². The van der Waals surface area contributed by atoms with Crippen molar-refractivity contribution in [2.24, 2.45) is 5.92 Å². The molecule has 5 heteroatoms. The summed E-state index contributed by atoms with van der Waals surface area (Å²) in [6.07, 6.45) is 0.234. The summed E-state index contributed by atoms with van der Waals surface area (Å²) in [5.41, 5.74) is 3.03. The lowest BCUT2D eigenvalue weighted by molar-refractivity contribution is -0.140. The van der Waals surface area contributed by atoms with Gasteiger partial charge in [0.15, 0.2) is 0 Å². The van der Waals surface area contributed by atoms with Crippen LogP contribution in [0.15, 0.2) is 48.5 Å². The van der Waals surface area contributed by atoms with E-state index in [9.17, 15) is 9.59 Å². The van der Waals surface area contributed by atoms with Crippen LogP contribution in [-0.4, -0.2) is 36.4 Å². The van der Waals surface area contributed by atoms with Crippen molar-refractivity contribution < 1.29 is 14.3 Å². The molecule has 0 bridgehead atoms. The molecule has 0 spiro atoms. The normalized spacial score (nSPS) is 11.8. The number of nitrogens with one attached hydrogen (secondary N) is 1. The van der Waals surface area contributed by atoms with Gasteiger partial charge in [-0.3, -0.25) is 9.59 Å². The lowest BCUT2D eigenvalue weighted by Crippen LogP contribution is -2.48. The Morgan fingerprint density at radius 1 is 1.03 bits per heavy atom. The predicted octanol–water partition coefficient (Wildman–Crippen LogP) is 3.74. The molecule has 0 heterocycles. The van der Waals surface area contributed by atoms with Crippen LogP contribution >= 0.6 is 0 Å². The van der Waals surface area contributed by atoms with Gasteiger partial charge in [0.05, 0.1) is 13.5 Å². The summed E-state index contributed by atoms with van der Waals surface area (Å²) in [7, 11) is 1.61. The minimum Gasteiger partial charge on any atom is -0.497 e. The molecular weight excluding hydrogens is 364 g/mol. The molecule has 0 fully saturated rings. The number of hydrogen-bond donors (Lipinski definition) is 1. The van der Waals surface area contributed by atoms with Gasteiger partial charge in [-0.2, -0.15) is 0 Å². The lowest BCUT2D eigenvalue weighted by Gasteiger charge is -2.29. The van der Waals surface area contributed by atoms with E-state index < -0.39 is 6.04 Å². The Bertz CT molecular complexity index is 815. The molecule has 2 aromatic carbocycles. The third kappa shape index (κ3) is 6.63. The summed E-state index contributed by atoms with van der Waals surface area (Å²) in [5, 5.41) is 2.95. The highest BCUT2D eigenvalue weighted by atomic mass is 16.5. The number of carbonyl (C=O) groups is 2. The van der Waals surface area contributed by atoms with Crippen molar-refractivity contribution in [2.75, 3.05) is 13.7 Å². The second kappa shape index (κ2) is 10.6. The van der Waals surface area contributed by atoms with E-state index in [4.69, 9.17) is 4.74 Å². The molecule has 1 N–H and O–H groups in total. The Balaban J connectivity index is 2.20. The molecule has 0 unspecified atom stereocenters. The molecule has 2 amide bonds. The van der Waals surface area contributed by atoms with Crippen molar-refractivity contribution in [3.8, 4) is 5.75 Å². The van der Waals surface area contributed by atoms with E-state index in [2.05, 4.69) is 5.32 Å². The number of ether oxygens (including phenoxy) is 1. The first-order chi connectivity index (χ1) is 13.8. The van der Waals surface area contributed by atoms with E-state index >= 15 is 0 Å². The molecule has 0 saturated carbocycles. The molecular formula is C24H32N2O3. The van der Waals surface area contributed by atoms with Gasteiger partial charge >= 0.3 is 0 Å². The Kier molecular flexibility index (Phi) is 8.25. The molecule has 1 atom stereocenters. The van der Waals surface area contributed by atoms with Gasteiger partial charge in [-0.15, -0.1) is 0 Å². The Morgan fingerprint density at radius 3 is 2.28 bits per heavy atom. The first kappa shape index (κ1) is 22.5. The van der Waals surface area contributed by atoms with Gasteiger partial charge in [0, 0.05) is 13.1 Å². The van der Waals surface area contributed by atoms with Crippen LogP contribution in [0.1, 0.15) is 37.5 Å². The zero-order chi connectivity index (χ0) is 21.4. The van der Waals surface area contributed by atoms with Crippen molar-refractivity contribution >= 4 is 11.8 Å². The van der Waals surface area contributed by atoms with Gasteiger partial charge in [-0.1, -0.05) is 50.2 Å². The number of hydrogen-bond acceptors (Lipinski definition) is 3. The van der Waals surface area contributed by atoms with Gasteiger partial charge in [0.1, 0.15) is 11.8 Å². The third-order valence-corrected chi connectivity index (χ3v) is 4.97. The monoisotopic (exact) mass is 396 g/mol. The van der Waals surface area contributed by atoms with Crippen molar-refractivity contribution in [2.45, 2.75) is 46.7 Å². The number of amides is 2. The van der Waals surface area contributed by atoms with Gasteiger partial charge in [-0.25, -0.2) is 0 Å². The molecule has 0 aromatic heterocycles. The SMILES string of the molecule is COc1ccc(CC(=O)N(Cc2ccccc2C)[C@@H](C)C(=O)NCC(C)C)cc1. The van der Waals surface area contributed by atoms with Gasteiger partial charge in [-0.05, 0) is 48.6 Å². The topological polar surface area (TPSA) is 58.6 Å². The molecule has 0 radical (unpaired) electrons. The van der Waals surface area contributed by atoms with E-state index in [0.29, 0.717) is 19.0 Å². The lowest BCUT2D eigenvalue weighted by atomic mass is 10.1. The average molecular weight is 397 g/mol. The Labute approximate surface area is 174 Å². The fourth-order valence-electron chi connectivity index (χ4n) is 3.03. The average Bonchev–Trinajstić information content (AvgIpc) is 2.71. The first-order valence-electron chi connectivity index (χ1n) is 10.1. The van der Waals surface area contributed by atoms with E-state index in [-0.39, 0.29) is 18.2 Å². The fourth-order valence-corrected chi connectivity index (χ4v) is 3.03. The van der Waals surface area contributed by atoms with Crippen molar-refractivity contribution in [1.82, 2.24) is 10.2 Å². The number of nitrogens with zero attached hydrogens (tertiary/aromatic N) is 1. The number of benzene rings is 2. The predicted molar refractivity (Wildman–Crippen MR) is 116 cm³/mol.